The zero-order chi connectivity index (χ0) is 19.0. The highest BCUT2D eigenvalue weighted by Crippen LogP contribution is 2.36. The first-order valence-electron chi connectivity index (χ1n) is 7.27. The Hall–Kier alpha value is -0.830. The summed E-state index contributed by atoms with van der Waals surface area (Å²) in [5.74, 6) is -1.14. The molecule has 2 rings (SSSR count). The fourth-order valence-corrected chi connectivity index (χ4v) is 3.45. The molecule has 0 aromatic carbocycles. The number of rotatable bonds is 4. The third-order valence-corrected chi connectivity index (χ3v) is 5.22. The summed E-state index contributed by atoms with van der Waals surface area (Å²) in [4.78, 5) is 37.6. The molecule has 2 heterocycles. The minimum atomic E-state index is -1.89. The van der Waals surface area contributed by atoms with Gasteiger partial charge < -0.3 is 14.8 Å². The van der Waals surface area contributed by atoms with E-state index in [0.717, 1.165) is 0 Å². The van der Waals surface area contributed by atoms with E-state index in [1.165, 1.54) is 22.1 Å². The van der Waals surface area contributed by atoms with E-state index in [-0.39, 0.29) is 11.6 Å². The second kappa shape index (κ2) is 7.42. The number of esters is 1. The lowest BCUT2D eigenvalue weighted by Crippen LogP contribution is -2.72. The topological polar surface area (TPSA) is 84.9 Å². The van der Waals surface area contributed by atoms with Crippen LogP contribution in [0, 0.1) is 0 Å². The molecular weight excluding hydrogens is 415 g/mol. The van der Waals surface area contributed by atoms with Gasteiger partial charge in [0.1, 0.15) is 17.3 Å². The number of amides is 2. The summed E-state index contributed by atoms with van der Waals surface area (Å²) < 4.78 is 8.14. The van der Waals surface area contributed by atoms with Crippen molar-refractivity contribution in [2.75, 3.05) is 11.6 Å². The molecular formula is C14H17Cl3N2O5S. The molecule has 0 aromatic rings. The number of thioether (sulfide) groups is 1. The molecule has 0 unspecified atom stereocenters. The molecule has 1 saturated heterocycles. The highest BCUT2D eigenvalue weighted by Gasteiger charge is 2.53. The number of hydrogen-bond acceptors (Lipinski definition) is 6. The Kier molecular flexibility index (Phi) is 6.08. The Balaban J connectivity index is 2.03. The predicted molar refractivity (Wildman–Crippen MR) is 95.6 cm³/mol. The molecule has 140 valence electrons. The number of ether oxygens (including phenoxy) is 2. The molecule has 2 atom stereocenters. The molecule has 2 aliphatic heterocycles. The van der Waals surface area contributed by atoms with Crippen LogP contribution in [0.15, 0.2) is 11.1 Å². The molecule has 0 aliphatic carbocycles. The zero-order valence-electron chi connectivity index (χ0n) is 13.7. The van der Waals surface area contributed by atoms with Gasteiger partial charge in [-0.05, 0) is 20.8 Å². The standard InChI is InChI=1S/C14H17Cl3N2O5S/c1-13(2,3)24-12(22)18-9-7-4-25-5-8(19(7)10(9)20)11(21)23-14(16,17)6-15/h5,7,9H,4,6H2,1-3H3,(H,18,22)/t7-,9-/m0/s1. The Labute approximate surface area is 164 Å². The fourth-order valence-electron chi connectivity index (χ4n) is 2.25. The van der Waals surface area contributed by atoms with E-state index >= 15 is 0 Å². The van der Waals surface area contributed by atoms with Gasteiger partial charge in [0.05, 0.1) is 11.9 Å². The van der Waals surface area contributed by atoms with E-state index in [2.05, 4.69) is 5.32 Å². The van der Waals surface area contributed by atoms with Crippen molar-refractivity contribution < 1.29 is 23.9 Å². The molecule has 11 heteroatoms. The van der Waals surface area contributed by atoms with Crippen molar-refractivity contribution in [3.8, 4) is 0 Å². The zero-order valence-corrected chi connectivity index (χ0v) is 16.8. The van der Waals surface area contributed by atoms with Crippen molar-refractivity contribution in [1.29, 1.82) is 0 Å². The van der Waals surface area contributed by atoms with Crippen molar-refractivity contribution in [2.45, 2.75) is 43.0 Å². The predicted octanol–water partition coefficient (Wildman–Crippen LogP) is 2.59. The minimum Gasteiger partial charge on any atom is -0.444 e. The van der Waals surface area contributed by atoms with Gasteiger partial charge in [0.25, 0.3) is 10.4 Å². The molecule has 0 bridgehead atoms. The molecule has 25 heavy (non-hydrogen) atoms. The van der Waals surface area contributed by atoms with Crippen LogP contribution in [0.25, 0.3) is 0 Å². The quantitative estimate of drug-likeness (QED) is 0.418. The van der Waals surface area contributed by atoms with Gasteiger partial charge in [-0.1, -0.05) is 23.2 Å². The summed E-state index contributed by atoms with van der Waals surface area (Å²) in [6.45, 7) is 5.16. The second-order valence-electron chi connectivity index (χ2n) is 6.40. The van der Waals surface area contributed by atoms with Gasteiger partial charge in [0, 0.05) is 11.2 Å². The van der Waals surface area contributed by atoms with Crippen molar-refractivity contribution in [3.63, 3.8) is 0 Å². The van der Waals surface area contributed by atoms with Crippen LogP contribution in [0.2, 0.25) is 0 Å². The average Bonchev–Trinajstić information content (AvgIpc) is 2.49. The third kappa shape index (κ3) is 4.87. The SMILES string of the molecule is CC(C)(C)OC(=O)N[C@@H]1C(=O)N2C(C(=O)OC(Cl)(Cl)CCl)=CSC[C@@H]12. The first-order chi connectivity index (χ1) is 11.4. The molecule has 0 aromatic heterocycles. The molecule has 1 N–H and O–H groups in total. The average molecular weight is 432 g/mol. The summed E-state index contributed by atoms with van der Waals surface area (Å²) in [6, 6.07) is -1.17. The fraction of sp³-hybridized carbons (Fsp3) is 0.643. The number of β-lactam (4-membered cyclic amide) rings is 1. The first kappa shape index (κ1) is 20.5. The van der Waals surface area contributed by atoms with E-state index < -0.39 is 40.2 Å². The highest BCUT2D eigenvalue weighted by atomic mass is 35.5. The number of carbonyl (C=O) groups excluding carboxylic acids is 3. The van der Waals surface area contributed by atoms with E-state index in [1.807, 2.05) is 0 Å². The van der Waals surface area contributed by atoms with Crippen LogP contribution in [0.1, 0.15) is 20.8 Å². The van der Waals surface area contributed by atoms with Crippen molar-refractivity contribution in [2.24, 2.45) is 0 Å². The van der Waals surface area contributed by atoms with Gasteiger partial charge in [-0.2, -0.15) is 0 Å². The summed E-state index contributed by atoms with van der Waals surface area (Å²) in [5.41, 5.74) is -0.678. The maximum atomic E-state index is 12.4. The van der Waals surface area contributed by atoms with Crippen molar-refractivity contribution in [1.82, 2.24) is 10.2 Å². The van der Waals surface area contributed by atoms with E-state index in [1.54, 1.807) is 20.8 Å². The Morgan fingerprint density at radius 3 is 2.56 bits per heavy atom. The Bertz CT molecular complexity index is 620. The highest BCUT2D eigenvalue weighted by molar-refractivity contribution is 8.02. The van der Waals surface area contributed by atoms with Crippen LogP contribution >= 0.6 is 46.6 Å². The van der Waals surface area contributed by atoms with Gasteiger partial charge in [-0.15, -0.1) is 23.4 Å². The van der Waals surface area contributed by atoms with Crippen LogP contribution in [-0.4, -0.2) is 56.7 Å². The van der Waals surface area contributed by atoms with Crippen LogP contribution in [0.3, 0.4) is 0 Å². The number of fused-ring (bicyclic) bond motifs is 1. The number of alkyl carbamates (subject to hydrolysis) is 1. The molecule has 0 radical (unpaired) electrons. The minimum absolute atomic E-state index is 0.00396. The lowest BCUT2D eigenvalue weighted by molar-refractivity contribution is -0.155. The van der Waals surface area contributed by atoms with Crippen LogP contribution < -0.4 is 5.32 Å². The van der Waals surface area contributed by atoms with Crippen LogP contribution in [0.5, 0.6) is 0 Å². The maximum absolute atomic E-state index is 12.4. The lowest BCUT2D eigenvalue weighted by atomic mass is 9.95. The van der Waals surface area contributed by atoms with Gasteiger partial charge in [0.2, 0.25) is 0 Å². The molecule has 0 spiro atoms. The first-order valence-corrected chi connectivity index (χ1v) is 9.60. The van der Waals surface area contributed by atoms with E-state index in [0.29, 0.717) is 5.75 Å². The number of halogens is 3. The smallest absolute Gasteiger partial charge is 0.408 e. The number of nitrogens with zero attached hydrogens (tertiary/aromatic N) is 1. The molecule has 2 amide bonds. The Morgan fingerprint density at radius 1 is 1.36 bits per heavy atom. The number of hydrogen-bond donors (Lipinski definition) is 1. The normalized spacial score (nSPS) is 23.2. The molecule has 2 aliphatic rings. The molecule has 7 nitrogen and oxygen atoms in total. The lowest BCUT2D eigenvalue weighted by Gasteiger charge is -2.48. The van der Waals surface area contributed by atoms with Gasteiger partial charge in [-0.3, -0.25) is 9.69 Å². The van der Waals surface area contributed by atoms with E-state index in [4.69, 9.17) is 44.3 Å². The van der Waals surface area contributed by atoms with Crippen molar-refractivity contribution >= 4 is 64.5 Å². The van der Waals surface area contributed by atoms with E-state index in [9.17, 15) is 14.4 Å². The summed E-state index contributed by atoms with van der Waals surface area (Å²) in [5, 5.41) is 4.01. The third-order valence-electron chi connectivity index (χ3n) is 3.22. The van der Waals surface area contributed by atoms with Gasteiger partial charge >= 0.3 is 12.1 Å². The number of alkyl halides is 3. The molecule has 1 fully saturated rings. The van der Waals surface area contributed by atoms with Crippen LogP contribution in [0.4, 0.5) is 4.79 Å². The Morgan fingerprint density at radius 2 is 2.00 bits per heavy atom. The molecule has 0 saturated carbocycles. The summed E-state index contributed by atoms with van der Waals surface area (Å²) >= 11 is 18.2. The summed E-state index contributed by atoms with van der Waals surface area (Å²) in [7, 11) is 0. The largest absolute Gasteiger partial charge is 0.444 e. The van der Waals surface area contributed by atoms with Gasteiger partial charge in [0.15, 0.2) is 0 Å². The second-order valence-corrected chi connectivity index (χ2v) is 8.98. The number of nitrogens with one attached hydrogen (secondary N) is 1. The number of carbonyl (C=O) groups is 3. The monoisotopic (exact) mass is 430 g/mol. The van der Waals surface area contributed by atoms with Gasteiger partial charge in [-0.25, -0.2) is 9.59 Å². The summed E-state index contributed by atoms with van der Waals surface area (Å²) in [6.07, 6.45) is -0.697. The van der Waals surface area contributed by atoms with Crippen LogP contribution in [-0.2, 0) is 19.1 Å². The van der Waals surface area contributed by atoms with Crippen molar-refractivity contribution in [3.05, 3.63) is 11.1 Å². The maximum Gasteiger partial charge on any atom is 0.408 e.